The van der Waals surface area contributed by atoms with Crippen molar-refractivity contribution in [3.63, 3.8) is 0 Å². The van der Waals surface area contributed by atoms with Gasteiger partial charge in [0.25, 0.3) is 0 Å². The Hall–Kier alpha value is 0.580. The van der Waals surface area contributed by atoms with E-state index >= 15 is 0 Å². The van der Waals surface area contributed by atoms with E-state index < -0.39 is 4.33 Å². The molecule has 0 aromatic heterocycles. The van der Waals surface area contributed by atoms with Gasteiger partial charge in [0.15, 0.2) is 0 Å². The predicted molar refractivity (Wildman–Crippen MR) is 58.0 cm³/mol. The Morgan fingerprint density at radius 2 is 1.17 bits per heavy atom. The molecule has 0 spiro atoms. The van der Waals surface area contributed by atoms with E-state index in [1.165, 1.54) is 0 Å². The molecule has 0 rings (SSSR count). The van der Waals surface area contributed by atoms with Crippen molar-refractivity contribution in [2.75, 3.05) is 0 Å². The maximum atomic E-state index is 6.26. The van der Waals surface area contributed by atoms with Crippen molar-refractivity contribution in [2.24, 2.45) is 10.8 Å². The number of halogens is 2. The van der Waals surface area contributed by atoms with Gasteiger partial charge in [-0.3, -0.25) is 0 Å². The molecule has 0 radical (unpaired) electrons. The monoisotopic (exact) mass is 210 g/mol. The molecule has 0 unspecified atom stereocenters. The lowest BCUT2D eigenvalue weighted by Gasteiger charge is -2.38. The first-order valence-electron chi connectivity index (χ1n) is 4.34. The first kappa shape index (κ1) is 12.6. The minimum atomic E-state index is -0.634. The summed E-state index contributed by atoms with van der Waals surface area (Å²) < 4.78 is -0.634. The van der Waals surface area contributed by atoms with Gasteiger partial charge in [-0.15, -0.1) is 23.2 Å². The average molecular weight is 211 g/mol. The molecule has 74 valence electrons. The van der Waals surface area contributed by atoms with Gasteiger partial charge in [0.2, 0.25) is 0 Å². The Kier molecular flexibility index (Phi) is 3.54. The van der Waals surface area contributed by atoms with E-state index in [0.29, 0.717) is 0 Å². The quantitative estimate of drug-likeness (QED) is 0.554. The van der Waals surface area contributed by atoms with E-state index in [1.54, 1.807) is 0 Å². The van der Waals surface area contributed by atoms with E-state index in [-0.39, 0.29) is 10.8 Å². The third kappa shape index (κ3) is 4.00. The zero-order valence-electron chi connectivity index (χ0n) is 8.96. The van der Waals surface area contributed by atoms with E-state index in [9.17, 15) is 0 Å². The molecule has 0 bridgehead atoms. The van der Waals surface area contributed by atoms with Crippen molar-refractivity contribution in [1.29, 1.82) is 0 Å². The van der Waals surface area contributed by atoms with Gasteiger partial charge in [-0.25, -0.2) is 0 Å². The van der Waals surface area contributed by atoms with Gasteiger partial charge in [0.1, 0.15) is 4.33 Å². The topological polar surface area (TPSA) is 0 Å². The van der Waals surface area contributed by atoms with Crippen LogP contribution in [-0.2, 0) is 0 Å². The van der Waals surface area contributed by atoms with Gasteiger partial charge in [-0.1, -0.05) is 41.5 Å². The third-order valence-corrected chi connectivity index (χ3v) is 3.25. The fourth-order valence-corrected chi connectivity index (χ4v) is 1.73. The molecule has 0 N–H and O–H groups in total. The van der Waals surface area contributed by atoms with E-state index in [0.717, 1.165) is 6.42 Å². The first-order valence-corrected chi connectivity index (χ1v) is 5.09. The molecule has 0 aliphatic rings. The molecule has 0 aliphatic heterocycles. The first-order chi connectivity index (χ1) is 4.96. The summed E-state index contributed by atoms with van der Waals surface area (Å²) in [6, 6.07) is 0. The molecule has 12 heavy (non-hydrogen) atoms. The van der Waals surface area contributed by atoms with Crippen molar-refractivity contribution >= 4 is 23.2 Å². The smallest absolute Gasteiger partial charge is 0.101 e. The van der Waals surface area contributed by atoms with Gasteiger partial charge >= 0.3 is 0 Å². The lowest BCUT2D eigenvalue weighted by molar-refractivity contribution is 0.255. The number of rotatable bonds is 1. The SMILES string of the molecule is CC(C)(C)CC(Cl)(Cl)C(C)(C)C. The highest BCUT2D eigenvalue weighted by Gasteiger charge is 2.40. The largest absolute Gasteiger partial charge is 0.123 e. The molecule has 0 saturated heterocycles. The summed E-state index contributed by atoms with van der Waals surface area (Å²) >= 11 is 12.5. The van der Waals surface area contributed by atoms with Gasteiger partial charge in [-0.2, -0.15) is 0 Å². The van der Waals surface area contributed by atoms with Crippen LogP contribution in [0.3, 0.4) is 0 Å². The Morgan fingerprint density at radius 3 is 1.25 bits per heavy atom. The molecule has 0 aromatic carbocycles. The lowest BCUT2D eigenvalue weighted by Crippen LogP contribution is -2.35. The number of alkyl halides is 2. The van der Waals surface area contributed by atoms with Crippen LogP contribution < -0.4 is 0 Å². The normalized spacial score (nSPS) is 15.0. The highest BCUT2D eigenvalue weighted by molar-refractivity contribution is 6.48. The van der Waals surface area contributed by atoms with Crippen molar-refractivity contribution in [3.8, 4) is 0 Å². The average Bonchev–Trinajstić information content (AvgIpc) is 1.52. The van der Waals surface area contributed by atoms with Crippen LogP contribution >= 0.6 is 23.2 Å². The molecule has 0 amide bonds. The van der Waals surface area contributed by atoms with Crippen LogP contribution in [0.4, 0.5) is 0 Å². The van der Waals surface area contributed by atoms with Crippen LogP contribution in [0.5, 0.6) is 0 Å². The molecule has 0 saturated carbocycles. The molecule has 0 nitrogen and oxygen atoms in total. The fourth-order valence-electron chi connectivity index (χ4n) is 0.931. The summed E-state index contributed by atoms with van der Waals surface area (Å²) in [5, 5.41) is 0. The zero-order valence-corrected chi connectivity index (χ0v) is 10.5. The number of hydrogen-bond acceptors (Lipinski definition) is 0. The van der Waals surface area contributed by atoms with Gasteiger partial charge in [0.05, 0.1) is 0 Å². The van der Waals surface area contributed by atoms with E-state index in [2.05, 4.69) is 41.5 Å². The minimum Gasteiger partial charge on any atom is -0.101 e. The highest BCUT2D eigenvalue weighted by Crippen LogP contribution is 2.47. The second kappa shape index (κ2) is 3.38. The van der Waals surface area contributed by atoms with Gasteiger partial charge < -0.3 is 0 Å². The van der Waals surface area contributed by atoms with Crippen LogP contribution in [0, 0.1) is 10.8 Å². The highest BCUT2D eigenvalue weighted by atomic mass is 35.5. The molecular formula is C10H20Cl2. The Labute approximate surface area is 86.6 Å². The summed E-state index contributed by atoms with van der Waals surface area (Å²) in [5.74, 6) is 0. The molecule has 2 heteroatoms. The Bertz CT molecular complexity index is 146. The van der Waals surface area contributed by atoms with Gasteiger partial charge in [-0.05, 0) is 17.3 Å². The molecule has 0 heterocycles. The fraction of sp³-hybridized carbons (Fsp3) is 1.00. The van der Waals surface area contributed by atoms with Crippen LogP contribution in [0.1, 0.15) is 48.0 Å². The molecule has 0 aliphatic carbocycles. The van der Waals surface area contributed by atoms with Crippen molar-refractivity contribution in [3.05, 3.63) is 0 Å². The summed E-state index contributed by atoms with van der Waals surface area (Å²) in [4.78, 5) is 0. The standard InChI is InChI=1S/C10H20Cl2/c1-8(2,3)7-10(11,12)9(4,5)6/h7H2,1-6H3. The van der Waals surface area contributed by atoms with E-state index in [1.807, 2.05) is 0 Å². The van der Waals surface area contributed by atoms with Crippen LogP contribution in [0.15, 0.2) is 0 Å². The van der Waals surface area contributed by atoms with E-state index in [4.69, 9.17) is 23.2 Å². The second-order valence-corrected chi connectivity index (χ2v) is 7.18. The Morgan fingerprint density at radius 1 is 0.833 bits per heavy atom. The van der Waals surface area contributed by atoms with Crippen molar-refractivity contribution < 1.29 is 0 Å². The molecule has 0 fully saturated rings. The van der Waals surface area contributed by atoms with Crippen LogP contribution in [-0.4, -0.2) is 4.33 Å². The maximum absolute atomic E-state index is 6.26. The summed E-state index contributed by atoms with van der Waals surface area (Å²) in [6.07, 6.45) is 0.812. The summed E-state index contributed by atoms with van der Waals surface area (Å²) in [6.45, 7) is 12.7. The zero-order chi connectivity index (χ0) is 10.2. The summed E-state index contributed by atoms with van der Waals surface area (Å²) in [5.41, 5.74) is 0.111. The van der Waals surface area contributed by atoms with Crippen molar-refractivity contribution in [1.82, 2.24) is 0 Å². The van der Waals surface area contributed by atoms with Crippen molar-refractivity contribution in [2.45, 2.75) is 52.3 Å². The van der Waals surface area contributed by atoms with Crippen LogP contribution in [0.2, 0.25) is 0 Å². The van der Waals surface area contributed by atoms with Crippen LogP contribution in [0.25, 0.3) is 0 Å². The maximum Gasteiger partial charge on any atom is 0.123 e. The summed E-state index contributed by atoms with van der Waals surface area (Å²) in [7, 11) is 0. The van der Waals surface area contributed by atoms with Gasteiger partial charge in [0, 0.05) is 0 Å². The number of hydrogen-bond donors (Lipinski definition) is 0. The Balaban J connectivity index is 4.44. The molecule has 0 atom stereocenters. The molecular weight excluding hydrogens is 191 g/mol. The second-order valence-electron chi connectivity index (χ2n) is 5.69. The predicted octanol–water partition coefficient (Wildman–Crippen LogP) is 4.64. The third-order valence-electron chi connectivity index (χ3n) is 1.85. The lowest BCUT2D eigenvalue weighted by atomic mass is 9.80. The molecule has 0 aromatic rings. The minimum absolute atomic E-state index is 0.0661.